The van der Waals surface area contributed by atoms with Crippen molar-refractivity contribution >= 4 is 16.9 Å². The lowest BCUT2D eigenvalue weighted by Gasteiger charge is -2.28. The lowest BCUT2D eigenvalue weighted by molar-refractivity contribution is 0.0915. The zero-order chi connectivity index (χ0) is 18.4. The molecule has 1 amide bonds. The predicted molar refractivity (Wildman–Crippen MR) is 98.2 cm³/mol. The molecule has 2 bridgehead atoms. The third-order valence-electron chi connectivity index (χ3n) is 6.20. The van der Waals surface area contributed by atoms with E-state index in [0.29, 0.717) is 23.7 Å². The molecule has 0 aliphatic heterocycles. The highest BCUT2D eigenvalue weighted by Crippen LogP contribution is 2.49. The van der Waals surface area contributed by atoms with Gasteiger partial charge >= 0.3 is 5.69 Å². The van der Waals surface area contributed by atoms with Crippen molar-refractivity contribution in [1.82, 2.24) is 19.9 Å². The maximum absolute atomic E-state index is 12.7. The fraction of sp³-hybridized carbons (Fsp3) is 0.579. The number of aromatic nitrogens is 3. The number of fused-ring (bicyclic) bond motifs is 3. The van der Waals surface area contributed by atoms with Crippen molar-refractivity contribution < 1.29 is 4.79 Å². The Labute approximate surface area is 150 Å². The van der Waals surface area contributed by atoms with E-state index in [0.717, 1.165) is 11.8 Å². The zero-order valence-corrected chi connectivity index (χ0v) is 15.1. The van der Waals surface area contributed by atoms with Crippen LogP contribution < -0.4 is 16.6 Å². The summed E-state index contributed by atoms with van der Waals surface area (Å²) in [7, 11) is 0. The van der Waals surface area contributed by atoms with Gasteiger partial charge in [-0.25, -0.2) is 9.78 Å². The van der Waals surface area contributed by atoms with E-state index >= 15 is 0 Å². The van der Waals surface area contributed by atoms with Crippen LogP contribution in [-0.4, -0.2) is 26.5 Å². The van der Waals surface area contributed by atoms with Gasteiger partial charge in [0.05, 0.1) is 10.9 Å². The summed E-state index contributed by atoms with van der Waals surface area (Å²) in [5, 5.41) is 3.34. The number of aryl methyl sites for hydroxylation is 1. The lowest BCUT2D eigenvalue weighted by Crippen LogP contribution is -2.40. The van der Waals surface area contributed by atoms with Crippen LogP contribution in [0.4, 0.5) is 0 Å². The lowest BCUT2D eigenvalue weighted by atomic mass is 9.84. The molecule has 2 aliphatic carbocycles. The van der Waals surface area contributed by atoms with E-state index in [-0.39, 0.29) is 17.3 Å². The first kappa shape index (κ1) is 17.0. The van der Waals surface area contributed by atoms with E-state index in [2.05, 4.69) is 22.2 Å². The first-order chi connectivity index (χ1) is 12.5. The molecule has 4 atom stereocenters. The molecule has 2 aromatic heterocycles. The Bertz CT molecular complexity index is 977. The molecule has 2 N–H and O–H groups in total. The molecule has 2 fully saturated rings. The van der Waals surface area contributed by atoms with Crippen molar-refractivity contribution in [2.24, 2.45) is 17.8 Å². The topological polar surface area (TPSA) is 96.9 Å². The molecule has 138 valence electrons. The Morgan fingerprint density at radius 3 is 2.85 bits per heavy atom. The molecule has 2 heterocycles. The molecule has 0 spiro atoms. The van der Waals surface area contributed by atoms with Gasteiger partial charge in [-0.1, -0.05) is 6.42 Å². The number of aromatic amines is 1. The summed E-state index contributed by atoms with van der Waals surface area (Å²) in [6.45, 7) is 4.27. The Morgan fingerprint density at radius 1 is 1.38 bits per heavy atom. The van der Waals surface area contributed by atoms with E-state index in [1.54, 1.807) is 6.92 Å². The van der Waals surface area contributed by atoms with Crippen LogP contribution in [0.15, 0.2) is 21.9 Å². The average Bonchev–Trinajstić information content (AvgIpc) is 3.25. The summed E-state index contributed by atoms with van der Waals surface area (Å²) in [5.41, 5.74) is -0.351. The molecule has 4 rings (SSSR count). The first-order valence-corrected chi connectivity index (χ1v) is 9.41. The molecule has 0 saturated heterocycles. The van der Waals surface area contributed by atoms with Gasteiger partial charge in [0.25, 0.3) is 11.5 Å². The molecule has 2 aromatic rings. The Hall–Kier alpha value is -2.44. The third kappa shape index (κ3) is 2.75. The molecule has 0 unspecified atom stereocenters. The normalized spacial score (nSPS) is 25.5. The van der Waals surface area contributed by atoms with Crippen molar-refractivity contribution in [2.45, 2.75) is 52.1 Å². The monoisotopic (exact) mass is 356 g/mol. The summed E-state index contributed by atoms with van der Waals surface area (Å²) < 4.78 is 1.39. The van der Waals surface area contributed by atoms with E-state index < -0.39 is 11.2 Å². The van der Waals surface area contributed by atoms with Crippen LogP contribution in [0.3, 0.4) is 0 Å². The molecule has 0 radical (unpaired) electrons. The first-order valence-electron chi connectivity index (χ1n) is 9.41. The molecule has 0 aromatic carbocycles. The van der Waals surface area contributed by atoms with Crippen LogP contribution in [0, 0.1) is 17.8 Å². The smallest absolute Gasteiger partial charge is 0.329 e. The van der Waals surface area contributed by atoms with Gasteiger partial charge in [0.1, 0.15) is 5.65 Å². The molecule has 2 saturated carbocycles. The highest BCUT2D eigenvalue weighted by atomic mass is 16.2. The molecular weight excluding hydrogens is 332 g/mol. The summed E-state index contributed by atoms with van der Waals surface area (Å²) in [5.74, 6) is 1.88. The number of rotatable bonds is 4. The summed E-state index contributed by atoms with van der Waals surface area (Å²) in [4.78, 5) is 43.1. The van der Waals surface area contributed by atoms with Crippen molar-refractivity contribution in [3.63, 3.8) is 0 Å². The number of nitrogens with one attached hydrogen (secondary N) is 2. The van der Waals surface area contributed by atoms with Gasteiger partial charge in [0, 0.05) is 18.8 Å². The Kier molecular flexibility index (Phi) is 4.17. The van der Waals surface area contributed by atoms with Crippen molar-refractivity contribution in [3.8, 4) is 0 Å². The highest BCUT2D eigenvalue weighted by molar-refractivity contribution is 5.96. The van der Waals surface area contributed by atoms with Crippen LogP contribution in [-0.2, 0) is 6.54 Å². The van der Waals surface area contributed by atoms with E-state index in [1.165, 1.54) is 42.5 Å². The third-order valence-corrected chi connectivity index (χ3v) is 6.20. The number of H-pyrrole nitrogens is 1. The zero-order valence-electron chi connectivity index (χ0n) is 15.1. The van der Waals surface area contributed by atoms with Gasteiger partial charge in [0.15, 0.2) is 0 Å². The summed E-state index contributed by atoms with van der Waals surface area (Å²) in [6.07, 6.45) is 6.54. The minimum Gasteiger partial charge on any atom is -0.349 e. The second-order valence-electron chi connectivity index (χ2n) is 7.70. The second kappa shape index (κ2) is 6.37. The van der Waals surface area contributed by atoms with Crippen LogP contribution >= 0.6 is 0 Å². The van der Waals surface area contributed by atoms with E-state index in [1.807, 2.05) is 0 Å². The fourth-order valence-corrected chi connectivity index (χ4v) is 4.89. The maximum atomic E-state index is 12.7. The number of carbonyl (C=O) groups is 1. The Balaban J connectivity index is 1.59. The van der Waals surface area contributed by atoms with Gasteiger partial charge in [0.2, 0.25) is 0 Å². The van der Waals surface area contributed by atoms with Crippen molar-refractivity contribution in [2.75, 3.05) is 0 Å². The largest absolute Gasteiger partial charge is 0.349 e. The van der Waals surface area contributed by atoms with Crippen molar-refractivity contribution in [1.29, 1.82) is 0 Å². The number of amides is 1. The second-order valence-corrected chi connectivity index (χ2v) is 7.70. The van der Waals surface area contributed by atoms with Gasteiger partial charge in [-0.05, 0) is 56.9 Å². The maximum Gasteiger partial charge on any atom is 0.329 e. The van der Waals surface area contributed by atoms with Crippen LogP contribution in [0.2, 0.25) is 0 Å². The number of hydrogen-bond donors (Lipinski definition) is 2. The standard InChI is InChI=1S/C19H24N4O3/c1-3-23-16-15(18(25)22-19(23)26)8-13(9-20-16)17(24)21-10(2)14-7-11-4-5-12(14)6-11/h8-12,14H,3-7H2,1-2H3,(H,21,24)(H,22,25,26)/t10-,11+,12+,14+/m1/s1. The minimum atomic E-state index is -0.516. The van der Waals surface area contributed by atoms with Crippen molar-refractivity contribution in [3.05, 3.63) is 38.7 Å². The highest BCUT2D eigenvalue weighted by Gasteiger charge is 2.42. The summed E-state index contributed by atoms with van der Waals surface area (Å²) in [6, 6.07) is 1.63. The molecule has 26 heavy (non-hydrogen) atoms. The van der Waals surface area contributed by atoms with Gasteiger partial charge in [-0.2, -0.15) is 0 Å². The number of carbonyl (C=O) groups excluding carboxylic acids is 1. The van der Waals surface area contributed by atoms with E-state index in [9.17, 15) is 14.4 Å². The quantitative estimate of drug-likeness (QED) is 0.871. The molecular formula is C19H24N4O3. The van der Waals surface area contributed by atoms with Crippen LogP contribution in [0.5, 0.6) is 0 Å². The van der Waals surface area contributed by atoms with Crippen LogP contribution in [0.25, 0.3) is 11.0 Å². The average molecular weight is 356 g/mol. The Morgan fingerprint density at radius 2 is 2.19 bits per heavy atom. The molecule has 7 heteroatoms. The van der Waals surface area contributed by atoms with E-state index in [4.69, 9.17) is 0 Å². The fourth-order valence-electron chi connectivity index (χ4n) is 4.89. The van der Waals surface area contributed by atoms with Crippen LogP contribution in [0.1, 0.15) is 49.9 Å². The van der Waals surface area contributed by atoms with Gasteiger partial charge in [-0.3, -0.25) is 19.1 Å². The minimum absolute atomic E-state index is 0.108. The number of nitrogens with zero attached hydrogens (tertiary/aromatic N) is 2. The van der Waals surface area contributed by atoms with Gasteiger partial charge in [-0.15, -0.1) is 0 Å². The SMILES string of the molecule is CCn1c(=O)[nH]c(=O)c2cc(C(=O)N[C@H](C)[C@@H]3C[C@H]4CC[C@H]3C4)cnc21. The summed E-state index contributed by atoms with van der Waals surface area (Å²) >= 11 is 0. The predicted octanol–water partition coefficient (Wildman–Crippen LogP) is 1.66. The van der Waals surface area contributed by atoms with Gasteiger partial charge < -0.3 is 5.32 Å². The number of hydrogen-bond acceptors (Lipinski definition) is 4. The number of pyridine rings is 1. The molecule has 2 aliphatic rings. The molecule has 7 nitrogen and oxygen atoms in total.